The summed E-state index contributed by atoms with van der Waals surface area (Å²) in [5, 5.41) is 1.67. The fraction of sp³-hybridized carbons (Fsp3) is 0.222. The number of hydrogen-bond donors (Lipinski definition) is 0. The van der Waals surface area contributed by atoms with Crippen molar-refractivity contribution in [3.05, 3.63) is 59.6 Å². The summed E-state index contributed by atoms with van der Waals surface area (Å²) in [6, 6.07) is 16.6. The third-order valence-electron chi connectivity index (χ3n) is 3.44. The van der Waals surface area contributed by atoms with Gasteiger partial charge in [-0.25, -0.2) is 4.99 Å². The zero-order chi connectivity index (χ0) is 16.9. The fourth-order valence-corrected chi connectivity index (χ4v) is 3.45. The van der Waals surface area contributed by atoms with Crippen molar-refractivity contribution >= 4 is 40.1 Å². The predicted molar refractivity (Wildman–Crippen MR) is 99.3 cm³/mol. The highest BCUT2D eigenvalue weighted by atomic mass is 35.5. The summed E-state index contributed by atoms with van der Waals surface area (Å²) in [6.07, 6.45) is 0. The van der Waals surface area contributed by atoms with E-state index in [-0.39, 0.29) is 12.5 Å². The third-order valence-corrected chi connectivity index (χ3v) is 4.76. The van der Waals surface area contributed by atoms with Crippen LogP contribution in [0.15, 0.2) is 59.6 Å². The van der Waals surface area contributed by atoms with Crippen LogP contribution in [0.25, 0.3) is 0 Å². The molecule has 6 heteroatoms. The van der Waals surface area contributed by atoms with Crippen LogP contribution in [0.2, 0.25) is 5.02 Å². The maximum atomic E-state index is 12.5. The second kappa shape index (κ2) is 7.73. The molecule has 1 fully saturated rings. The van der Waals surface area contributed by atoms with Gasteiger partial charge < -0.3 is 4.74 Å². The van der Waals surface area contributed by atoms with Crippen LogP contribution in [-0.4, -0.2) is 34.4 Å². The average molecular weight is 361 g/mol. The molecule has 1 amide bonds. The van der Waals surface area contributed by atoms with E-state index in [9.17, 15) is 4.79 Å². The number of benzene rings is 2. The predicted octanol–water partition coefficient (Wildman–Crippen LogP) is 4.37. The number of aliphatic imine (C=N–C) groups is 1. The Morgan fingerprint density at radius 1 is 1.25 bits per heavy atom. The van der Waals surface area contributed by atoms with E-state index in [1.165, 1.54) is 0 Å². The van der Waals surface area contributed by atoms with Gasteiger partial charge in [-0.2, -0.15) is 0 Å². The summed E-state index contributed by atoms with van der Waals surface area (Å²) in [5.74, 6) is 0.588. The number of thioether (sulfide) groups is 1. The van der Waals surface area contributed by atoms with Crippen LogP contribution >= 0.6 is 23.4 Å². The zero-order valence-electron chi connectivity index (χ0n) is 13.2. The zero-order valence-corrected chi connectivity index (χ0v) is 14.8. The summed E-state index contributed by atoms with van der Waals surface area (Å²) in [5.41, 5.74) is 0.776. The second-order valence-electron chi connectivity index (χ2n) is 5.41. The largest absolute Gasteiger partial charge is 0.484 e. The maximum Gasteiger partial charge on any atom is 0.266 e. The molecule has 3 rings (SSSR count). The minimum absolute atomic E-state index is 0.00304. The Bertz CT molecular complexity index is 734. The summed E-state index contributed by atoms with van der Waals surface area (Å²) < 4.78 is 5.56. The molecule has 2 aromatic rings. The van der Waals surface area contributed by atoms with Crippen molar-refractivity contribution in [2.45, 2.75) is 12.2 Å². The molecule has 0 spiro atoms. The van der Waals surface area contributed by atoms with E-state index in [4.69, 9.17) is 16.3 Å². The lowest BCUT2D eigenvalue weighted by Crippen LogP contribution is -2.36. The van der Waals surface area contributed by atoms with E-state index in [2.05, 4.69) is 11.9 Å². The highest BCUT2D eigenvalue weighted by Gasteiger charge is 2.30. The number of nitrogens with zero attached hydrogens (tertiary/aromatic N) is 2. The molecule has 4 nitrogen and oxygen atoms in total. The van der Waals surface area contributed by atoms with Gasteiger partial charge in [0.1, 0.15) is 5.75 Å². The molecule has 0 N–H and O–H groups in total. The number of carbonyl (C=O) groups excluding carboxylic acids is 1. The van der Waals surface area contributed by atoms with Crippen LogP contribution in [0.3, 0.4) is 0 Å². The monoisotopic (exact) mass is 360 g/mol. The summed E-state index contributed by atoms with van der Waals surface area (Å²) in [7, 11) is 0. The summed E-state index contributed by atoms with van der Waals surface area (Å²) in [4.78, 5) is 18.8. The Morgan fingerprint density at radius 2 is 1.96 bits per heavy atom. The van der Waals surface area contributed by atoms with Crippen LogP contribution in [0.4, 0.5) is 5.69 Å². The van der Waals surface area contributed by atoms with Crippen LogP contribution in [0.1, 0.15) is 6.92 Å². The van der Waals surface area contributed by atoms with E-state index >= 15 is 0 Å². The summed E-state index contributed by atoms with van der Waals surface area (Å²) in [6.45, 7) is 2.71. The minimum Gasteiger partial charge on any atom is -0.484 e. The molecule has 0 unspecified atom stereocenters. The number of amidine groups is 1. The number of carbonyl (C=O) groups is 1. The molecule has 0 aromatic heterocycles. The molecular weight excluding hydrogens is 344 g/mol. The molecule has 1 aliphatic heterocycles. The highest BCUT2D eigenvalue weighted by molar-refractivity contribution is 8.14. The lowest BCUT2D eigenvalue weighted by atomic mass is 10.3. The van der Waals surface area contributed by atoms with Crippen LogP contribution in [0.5, 0.6) is 5.75 Å². The molecule has 1 heterocycles. The molecule has 0 radical (unpaired) electrons. The Hall–Kier alpha value is -1.98. The van der Waals surface area contributed by atoms with E-state index in [0.29, 0.717) is 27.7 Å². The van der Waals surface area contributed by atoms with Gasteiger partial charge in [-0.05, 0) is 36.4 Å². The Balaban J connectivity index is 1.70. The maximum absolute atomic E-state index is 12.5. The van der Waals surface area contributed by atoms with Crippen molar-refractivity contribution in [2.24, 2.45) is 4.99 Å². The molecule has 124 valence electrons. The molecule has 0 aliphatic carbocycles. The first-order valence-corrected chi connectivity index (χ1v) is 8.87. The van der Waals surface area contributed by atoms with Gasteiger partial charge in [-0.3, -0.25) is 9.69 Å². The third kappa shape index (κ3) is 4.30. The van der Waals surface area contributed by atoms with Gasteiger partial charge in [0.25, 0.3) is 5.91 Å². The molecule has 2 aromatic carbocycles. The van der Waals surface area contributed by atoms with Gasteiger partial charge in [0.15, 0.2) is 11.8 Å². The quantitative estimate of drug-likeness (QED) is 0.813. The first-order chi connectivity index (χ1) is 11.6. The Labute approximate surface area is 150 Å². The summed E-state index contributed by atoms with van der Waals surface area (Å²) >= 11 is 7.48. The number of ether oxygens (including phenoxy) is 1. The molecule has 0 saturated carbocycles. The van der Waals surface area contributed by atoms with Crippen LogP contribution < -0.4 is 4.74 Å². The second-order valence-corrected chi connectivity index (χ2v) is 7.25. The number of amides is 1. The smallest absolute Gasteiger partial charge is 0.266 e. The van der Waals surface area contributed by atoms with Crippen LogP contribution in [0, 0.1) is 0 Å². The fourth-order valence-electron chi connectivity index (χ4n) is 2.28. The minimum atomic E-state index is -0.0941. The first-order valence-electron chi connectivity index (χ1n) is 7.61. The van der Waals surface area contributed by atoms with Gasteiger partial charge in [0, 0.05) is 16.8 Å². The van der Waals surface area contributed by atoms with Gasteiger partial charge in [0.2, 0.25) is 0 Å². The van der Waals surface area contributed by atoms with E-state index < -0.39 is 0 Å². The number of rotatable bonds is 4. The van der Waals surface area contributed by atoms with E-state index in [1.54, 1.807) is 28.8 Å². The molecule has 24 heavy (non-hydrogen) atoms. The van der Waals surface area contributed by atoms with Gasteiger partial charge in [-0.1, -0.05) is 48.5 Å². The SMILES string of the molecule is C[C@H]1CN(C(=O)COc2ccccc2)C(=Nc2ccc(Cl)cc2)S1. The standard InChI is InChI=1S/C18H17ClN2O2S/c1-13-11-21(17(22)12-23-16-5-3-2-4-6-16)18(24-13)20-15-9-7-14(19)8-10-15/h2-10,13H,11-12H2,1H3/t13-/m0/s1. The lowest BCUT2D eigenvalue weighted by Gasteiger charge is -2.16. The van der Waals surface area contributed by atoms with Crippen molar-refractivity contribution in [1.29, 1.82) is 0 Å². The number of hydrogen-bond acceptors (Lipinski definition) is 4. The molecule has 1 atom stereocenters. The lowest BCUT2D eigenvalue weighted by molar-refractivity contribution is -0.129. The Kier molecular flexibility index (Phi) is 5.43. The number of halogens is 1. The molecular formula is C18H17ClN2O2S. The van der Waals surface area contributed by atoms with E-state index in [0.717, 1.165) is 5.69 Å². The van der Waals surface area contributed by atoms with E-state index in [1.807, 2.05) is 42.5 Å². The molecule has 0 bridgehead atoms. The van der Waals surface area contributed by atoms with Crippen molar-refractivity contribution in [2.75, 3.05) is 13.2 Å². The van der Waals surface area contributed by atoms with Crippen molar-refractivity contribution in [1.82, 2.24) is 4.90 Å². The highest BCUT2D eigenvalue weighted by Crippen LogP contribution is 2.28. The molecule has 1 aliphatic rings. The van der Waals surface area contributed by atoms with Gasteiger partial charge in [-0.15, -0.1) is 0 Å². The van der Waals surface area contributed by atoms with Crippen molar-refractivity contribution in [3.63, 3.8) is 0 Å². The van der Waals surface area contributed by atoms with Crippen LogP contribution in [-0.2, 0) is 4.79 Å². The normalized spacial score (nSPS) is 18.8. The van der Waals surface area contributed by atoms with Gasteiger partial charge in [0.05, 0.1) is 5.69 Å². The first kappa shape index (κ1) is 16.9. The Morgan fingerprint density at radius 3 is 2.67 bits per heavy atom. The molecule has 1 saturated heterocycles. The average Bonchev–Trinajstić information content (AvgIpc) is 2.96. The van der Waals surface area contributed by atoms with Crippen molar-refractivity contribution < 1.29 is 9.53 Å². The van der Waals surface area contributed by atoms with Crippen molar-refractivity contribution in [3.8, 4) is 5.75 Å². The number of para-hydroxylation sites is 1. The van der Waals surface area contributed by atoms with Gasteiger partial charge >= 0.3 is 0 Å². The topological polar surface area (TPSA) is 41.9 Å².